The Morgan fingerprint density at radius 3 is 2.58 bits per heavy atom. The van der Waals surface area contributed by atoms with Gasteiger partial charge in [-0.15, -0.1) is 0 Å². The van der Waals surface area contributed by atoms with Crippen molar-refractivity contribution in [2.24, 2.45) is 5.92 Å². The number of thioether (sulfide) groups is 1. The summed E-state index contributed by atoms with van der Waals surface area (Å²) >= 11 is 1.98. The van der Waals surface area contributed by atoms with Crippen molar-refractivity contribution in [3.05, 3.63) is 0 Å². The van der Waals surface area contributed by atoms with Gasteiger partial charge in [-0.1, -0.05) is 0 Å². The van der Waals surface area contributed by atoms with E-state index in [1.807, 2.05) is 11.8 Å². The summed E-state index contributed by atoms with van der Waals surface area (Å²) in [6.45, 7) is 2.02. The fourth-order valence-electron chi connectivity index (χ4n) is 1.72. The van der Waals surface area contributed by atoms with Crippen LogP contribution in [-0.4, -0.2) is 46.6 Å². The number of hydrogen-bond donors (Lipinski definition) is 1. The molecular formula is C8H13NO2S. The topological polar surface area (TPSA) is 40.5 Å². The van der Waals surface area contributed by atoms with E-state index in [-0.39, 0.29) is 0 Å². The van der Waals surface area contributed by atoms with Crippen LogP contribution in [0, 0.1) is 5.92 Å². The van der Waals surface area contributed by atoms with Crippen LogP contribution in [0.25, 0.3) is 0 Å². The summed E-state index contributed by atoms with van der Waals surface area (Å²) in [6.07, 6.45) is 0.358. The van der Waals surface area contributed by atoms with Gasteiger partial charge in [-0.25, -0.2) is 0 Å². The Morgan fingerprint density at radius 2 is 2.17 bits per heavy atom. The maximum Gasteiger partial charge on any atom is 0.303 e. The lowest BCUT2D eigenvalue weighted by atomic mass is 9.95. The number of carboxylic acids is 1. The van der Waals surface area contributed by atoms with Crippen molar-refractivity contribution in [1.29, 1.82) is 0 Å². The first-order valence-electron chi connectivity index (χ1n) is 4.29. The Balaban J connectivity index is 1.66. The highest BCUT2D eigenvalue weighted by molar-refractivity contribution is 8.00. The SMILES string of the molecule is O=C(O)CC1CN(C2CSC2)C1. The van der Waals surface area contributed by atoms with Crippen LogP contribution < -0.4 is 0 Å². The fraction of sp³-hybridized carbons (Fsp3) is 0.875. The molecule has 0 aliphatic carbocycles. The molecule has 0 unspecified atom stereocenters. The zero-order valence-corrected chi connectivity index (χ0v) is 7.72. The van der Waals surface area contributed by atoms with Gasteiger partial charge in [0.15, 0.2) is 0 Å². The summed E-state index contributed by atoms with van der Waals surface area (Å²) in [6, 6.07) is 0.764. The van der Waals surface area contributed by atoms with Crippen LogP contribution in [0.15, 0.2) is 0 Å². The van der Waals surface area contributed by atoms with E-state index in [4.69, 9.17) is 5.11 Å². The van der Waals surface area contributed by atoms with Crippen LogP contribution >= 0.6 is 11.8 Å². The average Bonchev–Trinajstić information content (AvgIpc) is 1.77. The van der Waals surface area contributed by atoms with Gasteiger partial charge in [-0.3, -0.25) is 9.69 Å². The van der Waals surface area contributed by atoms with Crippen molar-refractivity contribution in [3.63, 3.8) is 0 Å². The zero-order chi connectivity index (χ0) is 8.55. The van der Waals surface area contributed by atoms with Crippen molar-refractivity contribution >= 4 is 17.7 Å². The number of hydrogen-bond acceptors (Lipinski definition) is 3. The van der Waals surface area contributed by atoms with Crippen LogP contribution in [0.5, 0.6) is 0 Å². The van der Waals surface area contributed by atoms with E-state index in [2.05, 4.69) is 4.90 Å². The van der Waals surface area contributed by atoms with Crippen LogP contribution in [0.1, 0.15) is 6.42 Å². The van der Waals surface area contributed by atoms with Gasteiger partial charge < -0.3 is 5.11 Å². The lowest BCUT2D eigenvalue weighted by Gasteiger charge is -2.47. The number of rotatable bonds is 3. The third-order valence-corrected chi connectivity index (χ3v) is 3.83. The number of carbonyl (C=O) groups is 1. The summed E-state index contributed by atoms with van der Waals surface area (Å²) in [5.74, 6) is 2.27. The molecule has 68 valence electrons. The third-order valence-electron chi connectivity index (χ3n) is 2.59. The highest BCUT2D eigenvalue weighted by Crippen LogP contribution is 2.30. The molecule has 12 heavy (non-hydrogen) atoms. The minimum Gasteiger partial charge on any atom is -0.481 e. The third kappa shape index (κ3) is 1.59. The standard InChI is InChI=1S/C8H13NO2S/c10-8(11)1-6-2-9(3-6)7-4-12-5-7/h6-7H,1-5H2,(H,10,11). The maximum absolute atomic E-state index is 10.3. The van der Waals surface area contributed by atoms with E-state index >= 15 is 0 Å². The number of aliphatic carboxylic acids is 1. The molecule has 0 spiro atoms. The second kappa shape index (κ2) is 3.26. The molecule has 0 saturated carbocycles. The molecule has 2 aliphatic rings. The molecule has 0 radical (unpaired) electrons. The van der Waals surface area contributed by atoms with Gasteiger partial charge in [-0.2, -0.15) is 11.8 Å². The molecule has 0 amide bonds. The lowest BCUT2D eigenvalue weighted by Crippen LogP contribution is -2.56. The number of nitrogens with zero attached hydrogens (tertiary/aromatic N) is 1. The van der Waals surface area contributed by atoms with Gasteiger partial charge in [0, 0.05) is 30.6 Å². The molecule has 2 rings (SSSR count). The smallest absolute Gasteiger partial charge is 0.303 e. The van der Waals surface area contributed by atoms with Gasteiger partial charge in [0.25, 0.3) is 0 Å². The number of likely N-dealkylation sites (tertiary alicyclic amines) is 1. The lowest BCUT2D eigenvalue weighted by molar-refractivity contribution is -0.139. The van der Waals surface area contributed by atoms with E-state index in [0.717, 1.165) is 19.1 Å². The monoisotopic (exact) mass is 187 g/mol. The van der Waals surface area contributed by atoms with Crippen molar-refractivity contribution in [2.45, 2.75) is 12.5 Å². The van der Waals surface area contributed by atoms with Gasteiger partial charge in [0.05, 0.1) is 6.42 Å². The minimum absolute atomic E-state index is 0.358. The second-order valence-electron chi connectivity index (χ2n) is 3.61. The van der Waals surface area contributed by atoms with Crippen LogP contribution in [0.3, 0.4) is 0 Å². The molecule has 3 nitrogen and oxygen atoms in total. The Bertz CT molecular complexity index is 187. The molecule has 4 heteroatoms. The first-order valence-corrected chi connectivity index (χ1v) is 5.45. The largest absolute Gasteiger partial charge is 0.481 e. The van der Waals surface area contributed by atoms with Crippen molar-refractivity contribution in [2.75, 3.05) is 24.6 Å². The van der Waals surface area contributed by atoms with Gasteiger partial charge in [-0.05, 0) is 5.92 Å². The van der Waals surface area contributed by atoms with Gasteiger partial charge in [0.2, 0.25) is 0 Å². The van der Waals surface area contributed by atoms with Crippen molar-refractivity contribution in [1.82, 2.24) is 4.90 Å². The predicted molar refractivity (Wildman–Crippen MR) is 48.4 cm³/mol. The molecule has 1 N–H and O–H groups in total. The second-order valence-corrected chi connectivity index (χ2v) is 4.68. The Kier molecular flexibility index (Phi) is 2.28. The molecular weight excluding hydrogens is 174 g/mol. The summed E-state index contributed by atoms with van der Waals surface area (Å²) < 4.78 is 0. The van der Waals surface area contributed by atoms with Crippen LogP contribution in [-0.2, 0) is 4.79 Å². The predicted octanol–water partition coefficient (Wildman–Crippen LogP) is 0.508. The maximum atomic E-state index is 10.3. The molecule has 0 bridgehead atoms. The van der Waals surface area contributed by atoms with Gasteiger partial charge >= 0.3 is 5.97 Å². The fourth-order valence-corrected chi connectivity index (χ4v) is 2.59. The summed E-state index contributed by atoms with van der Waals surface area (Å²) in [7, 11) is 0. The van der Waals surface area contributed by atoms with Crippen molar-refractivity contribution in [3.8, 4) is 0 Å². The Morgan fingerprint density at radius 1 is 1.50 bits per heavy atom. The minimum atomic E-state index is -0.650. The first-order chi connectivity index (χ1) is 5.75. The summed E-state index contributed by atoms with van der Waals surface area (Å²) in [5.41, 5.74) is 0. The highest BCUT2D eigenvalue weighted by atomic mass is 32.2. The average molecular weight is 187 g/mol. The van der Waals surface area contributed by atoms with Gasteiger partial charge in [0.1, 0.15) is 0 Å². The van der Waals surface area contributed by atoms with E-state index in [9.17, 15) is 4.79 Å². The molecule has 2 saturated heterocycles. The molecule has 0 aromatic heterocycles. The Labute approximate surface area is 76.1 Å². The molecule has 0 atom stereocenters. The molecule has 2 fully saturated rings. The summed E-state index contributed by atoms with van der Waals surface area (Å²) in [5, 5.41) is 8.52. The van der Waals surface area contributed by atoms with Crippen LogP contribution in [0.2, 0.25) is 0 Å². The highest BCUT2D eigenvalue weighted by Gasteiger charge is 2.36. The summed E-state index contributed by atoms with van der Waals surface area (Å²) in [4.78, 5) is 12.7. The molecule has 0 aromatic rings. The van der Waals surface area contributed by atoms with E-state index in [1.165, 1.54) is 11.5 Å². The molecule has 2 heterocycles. The van der Waals surface area contributed by atoms with Crippen molar-refractivity contribution < 1.29 is 9.90 Å². The number of carboxylic acid groups (broad SMARTS) is 1. The zero-order valence-electron chi connectivity index (χ0n) is 6.90. The molecule has 0 aromatic carbocycles. The van der Waals surface area contributed by atoms with E-state index in [1.54, 1.807) is 0 Å². The first kappa shape index (κ1) is 8.38. The van der Waals surface area contributed by atoms with Crippen LogP contribution in [0.4, 0.5) is 0 Å². The van der Waals surface area contributed by atoms with E-state index < -0.39 is 5.97 Å². The molecule has 2 aliphatic heterocycles. The Hall–Kier alpha value is -0.220. The normalized spacial score (nSPS) is 26.3. The quantitative estimate of drug-likeness (QED) is 0.699. The van der Waals surface area contributed by atoms with E-state index in [0.29, 0.717) is 12.3 Å².